The van der Waals surface area contributed by atoms with Gasteiger partial charge in [0.1, 0.15) is 0 Å². The molecule has 1 saturated heterocycles. The fourth-order valence-electron chi connectivity index (χ4n) is 4.95. The molecule has 2 aliphatic carbocycles. The van der Waals surface area contributed by atoms with Crippen molar-refractivity contribution >= 4 is 5.96 Å². The van der Waals surface area contributed by atoms with Crippen LogP contribution in [0, 0.1) is 0 Å². The third kappa shape index (κ3) is 5.58. The topological polar surface area (TPSA) is 42.9 Å². The van der Waals surface area contributed by atoms with Crippen molar-refractivity contribution in [1.82, 2.24) is 20.4 Å². The molecule has 5 heteroatoms. The summed E-state index contributed by atoms with van der Waals surface area (Å²) in [5, 5.41) is 7.18. The Labute approximate surface area is 154 Å². The number of hydrogen-bond acceptors (Lipinski definition) is 3. The largest absolute Gasteiger partial charge is 0.355 e. The van der Waals surface area contributed by atoms with Crippen LogP contribution in [0.25, 0.3) is 0 Å². The predicted molar refractivity (Wildman–Crippen MR) is 106 cm³/mol. The van der Waals surface area contributed by atoms with Gasteiger partial charge in [-0.15, -0.1) is 0 Å². The number of nitrogens with zero attached hydrogens (tertiary/aromatic N) is 3. The summed E-state index contributed by atoms with van der Waals surface area (Å²) in [5.41, 5.74) is 0. The lowest BCUT2D eigenvalue weighted by Crippen LogP contribution is -2.47. The zero-order valence-electron chi connectivity index (χ0n) is 16.5. The zero-order chi connectivity index (χ0) is 17.5. The van der Waals surface area contributed by atoms with Crippen LogP contribution in [0.15, 0.2) is 4.99 Å². The number of aliphatic imine (C=N–C) groups is 1. The summed E-state index contributed by atoms with van der Waals surface area (Å²) in [4.78, 5) is 9.68. The van der Waals surface area contributed by atoms with Crippen LogP contribution in [0.1, 0.15) is 64.2 Å². The van der Waals surface area contributed by atoms with E-state index in [-0.39, 0.29) is 0 Å². The first kappa shape index (κ1) is 19.0. The lowest BCUT2D eigenvalue weighted by molar-refractivity contribution is 0.194. The third-order valence-corrected chi connectivity index (χ3v) is 6.58. The van der Waals surface area contributed by atoms with E-state index >= 15 is 0 Å². The van der Waals surface area contributed by atoms with Crippen molar-refractivity contribution in [2.75, 3.05) is 40.3 Å². The van der Waals surface area contributed by atoms with Gasteiger partial charge < -0.3 is 15.5 Å². The molecule has 1 unspecified atom stereocenters. The van der Waals surface area contributed by atoms with Crippen molar-refractivity contribution < 1.29 is 0 Å². The van der Waals surface area contributed by atoms with Crippen molar-refractivity contribution in [3.8, 4) is 0 Å². The average molecular weight is 350 g/mol. The van der Waals surface area contributed by atoms with Crippen LogP contribution in [0.3, 0.4) is 0 Å². The van der Waals surface area contributed by atoms with Crippen LogP contribution in [0.5, 0.6) is 0 Å². The molecular formula is C20H39N5. The highest BCUT2D eigenvalue weighted by Gasteiger charge is 2.30. The van der Waals surface area contributed by atoms with Gasteiger partial charge in [0.15, 0.2) is 5.96 Å². The van der Waals surface area contributed by atoms with Crippen molar-refractivity contribution in [3.63, 3.8) is 0 Å². The van der Waals surface area contributed by atoms with Crippen molar-refractivity contribution in [2.45, 2.75) is 82.3 Å². The van der Waals surface area contributed by atoms with Crippen molar-refractivity contribution in [3.05, 3.63) is 0 Å². The molecule has 0 bridgehead atoms. The Kier molecular flexibility index (Phi) is 7.41. The molecule has 3 aliphatic rings. The van der Waals surface area contributed by atoms with Gasteiger partial charge in [-0.3, -0.25) is 9.89 Å². The predicted octanol–water partition coefficient (Wildman–Crippen LogP) is 2.43. The van der Waals surface area contributed by atoms with Gasteiger partial charge in [0.25, 0.3) is 0 Å². The Bertz CT molecular complexity index is 412. The monoisotopic (exact) mass is 349 g/mol. The third-order valence-electron chi connectivity index (χ3n) is 6.58. The lowest BCUT2D eigenvalue weighted by atomic mass is 9.94. The number of nitrogens with one attached hydrogen (secondary N) is 2. The highest BCUT2D eigenvalue weighted by molar-refractivity contribution is 5.80. The summed E-state index contributed by atoms with van der Waals surface area (Å²) in [7, 11) is 4.17. The summed E-state index contributed by atoms with van der Waals surface area (Å²) in [6.45, 7) is 4.52. The van der Waals surface area contributed by atoms with E-state index in [4.69, 9.17) is 0 Å². The molecule has 2 N–H and O–H groups in total. The second-order valence-corrected chi connectivity index (χ2v) is 8.33. The molecule has 1 heterocycles. The van der Waals surface area contributed by atoms with Gasteiger partial charge in [0, 0.05) is 51.4 Å². The van der Waals surface area contributed by atoms with E-state index in [2.05, 4.69) is 32.5 Å². The molecule has 1 atom stereocenters. The molecule has 5 nitrogen and oxygen atoms in total. The molecule has 0 aromatic carbocycles. The van der Waals surface area contributed by atoms with Crippen LogP contribution in [0.4, 0.5) is 0 Å². The Balaban J connectivity index is 1.34. The number of guanidine groups is 1. The minimum absolute atomic E-state index is 0.558. The summed E-state index contributed by atoms with van der Waals surface area (Å²) in [5.74, 6) is 0.982. The first-order valence-corrected chi connectivity index (χ1v) is 10.7. The molecule has 0 aromatic heterocycles. The number of likely N-dealkylation sites (tertiary alicyclic amines) is 1. The molecule has 3 fully saturated rings. The highest BCUT2D eigenvalue weighted by atomic mass is 15.3. The van der Waals surface area contributed by atoms with E-state index < -0.39 is 0 Å². The molecule has 144 valence electrons. The van der Waals surface area contributed by atoms with E-state index in [0.717, 1.165) is 31.1 Å². The Morgan fingerprint density at radius 3 is 2.48 bits per heavy atom. The SMILES string of the molecule is CN=C(NCCN(C)C1CCCCC1)NC1CCN(C2CCCC2)C1. The molecule has 25 heavy (non-hydrogen) atoms. The number of hydrogen-bond donors (Lipinski definition) is 2. The summed E-state index contributed by atoms with van der Waals surface area (Å²) >= 11 is 0. The number of likely N-dealkylation sites (N-methyl/N-ethyl adjacent to an activating group) is 1. The minimum Gasteiger partial charge on any atom is -0.355 e. The number of rotatable bonds is 6. The van der Waals surface area contributed by atoms with Gasteiger partial charge in [-0.05, 0) is 39.2 Å². The molecule has 3 rings (SSSR count). The normalized spacial score (nSPS) is 27.3. The molecule has 0 amide bonds. The van der Waals surface area contributed by atoms with Crippen LogP contribution in [-0.2, 0) is 0 Å². The standard InChI is InChI=1S/C20H39N5/c1-21-20(22-13-15-24(2)18-8-4-3-5-9-18)23-17-12-14-25(16-17)19-10-6-7-11-19/h17-19H,3-16H2,1-2H3,(H2,21,22,23). The van der Waals surface area contributed by atoms with Crippen molar-refractivity contribution in [2.24, 2.45) is 4.99 Å². The van der Waals surface area contributed by atoms with Gasteiger partial charge in [-0.1, -0.05) is 32.1 Å². The Hall–Kier alpha value is -0.810. The Morgan fingerprint density at radius 1 is 1.04 bits per heavy atom. The van der Waals surface area contributed by atoms with Gasteiger partial charge >= 0.3 is 0 Å². The van der Waals surface area contributed by atoms with Gasteiger partial charge in [-0.2, -0.15) is 0 Å². The molecule has 2 saturated carbocycles. The van der Waals surface area contributed by atoms with Crippen LogP contribution >= 0.6 is 0 Å². The summed E-state index contributed by atoms with van der Waals surface area (Å²) in [6.07, 6.45) is 13.9. The lowest BCUT2D eigenvalue weighted by Gasteiger charge is -2.31. The molecule has 0 aromatic rings. The Morgan fingerprint density at radius 2 is 1.76 bits per heavy atom. The highest BCUT2D eigenvalue weighted by Crippen LogP contribution is 2.26. The van der Waals surface area contributed by atoms with E-state index in [1.165, 1.54) is 77.3 Å². The first-order chi connectivity index (χ1) is 12.3. The second-order valence-electron chi connectivity index (χ2n) is 8.33. The summed E-state index contributed by atoms with van der Waals surface area (Å²) in [6, 6.07) is 2.20. The maximum atomic E-state index is 4.44. The minimum atomic E-state index is 0.558. The molecule has 0 spiro atoms. The van der Waals surface area contributed by atoms with Gasteiger partial charge in [0.2, 0.25) is 0 Å². The smallest absolute Gasteiger partial charge is 0.191 e. The van der Waals surface area contributed by atoms with Crippen LogP contribution in [0.2, 0.25) is 0 Å². The van der Waals surface area contributed by atoms with E-state index in [1.54, 1.807) is 0 Å². The molecule has 0 radical (unpaired) electrons. The first-order valence-electron chi connectivity index (χ1n) is 10.7. The molecule has 1 aliphatic heterocycles. The fourth-order valence-corrected chi connectivity index (χ4v) is 4.95. The zero-order valence-corrected chi connectivity index (χ0v) is 16.5. The quantitative estimate of drug-likeness (QED) is 0.571. The van der Waals surface area contributed by atoms with Crippen molar-refractivity contribution in [1.29, 1.82) is 0 Å². The van der Waals surface area contributed by atoms with Gasteiger partial charge in [-0.25, -0.2) is 0 Å². The fraction of sp³-hybridized carbons (Fsp3) is 0.950. The maximum absolute atomic E-state index is 4.44. The van der Waals surface area contributed by atoms with E-state index in [9.17, 15) is 0 Å². The van der Waals surface area contributed by atoms with E-state index in [0.29, 0.717) is 6.04 Å². The van der Waals surface area contributed by atoms with Gasteiger partial charge in [0.05, 0.1) is 0 Å². The second kappa shape index (κ2) is 9.77. The van der Waals surface area contributed by atoms with Crippen LogP contribution in [-0.4, -0.2) is 74.2 Å². The average Bonchev–Trinajstić information content (AvgIpc) is 3.33. The molecular weight excluding hydrogens is 310 g/mol. The summed E-state index contributed by atoms with van der Waals surface area (Å²) < 4.78 is 0. The van der Waals surface area contributed by atoms with Crippen LogP contribution < -0.4 is 10.6 Å². The maximum Gasteiger partial charge on any atom is 0.191 e. The van der Waals surface area contributed by atoms with E-state index in [1.807, 2.05) is 7.05 Å².